The summed E-state index contributed by atoms with van der Waals surface area (Å²) < 4.78 is 1.42. The zero-order valence-corrected chi connectivity index (χ0v) is 10.8. The molecular formula is C12H18ClN3O. The maximum Gasteiger partial charge on any atom is 0.287 e. The summed E-state index contributed by atoms with van der Waals surface area (Å²) in [5.74, 6) is 0. The van der Waals surface area contributed by atoms with Crippen molar-refractivity contribution in [1.29, 1.82) is 0 Å². The molecule has 0 spiro atoms. The smallest absolute Gasteiger partial charge is 0.287 e. The number of hydrogen-bond donors (Lipinski definition) is 1. The zero-order chi connectivity index (χ0) is 12.3. The van der Waals surface area contributed by atoms with Crippen LogP contribution >= 0.6 is 11.6 Å². The molecule has 94 valence electrons. The summed E-state index contributed by atoms with van der Waals surface area (Å²) in [6, 6.07) is 0.440. The zero-order valence-electron chi connectivity index (χ0n) is 10.1. The summed E-state index contributed by atoms with van der Waals surface area (Å²) in [5, 5.41) is 7.70. The van der Waals surface area contributed by atoms with Gasteiger partial charge in [-0.05, 0) is 19.3 Å². The molecule has 1 heterocycles. The number of halogens is 1. The van der Waals surface area contributed by atoms with Crippen LogP contribution in [0.25, 0.3) is 0 Å². The summed E-state index contributed by atoms with van der Waals surface area (Å²) in [6.07, 6.45) is 7.32. The van der Waals surface area contributed by atoms with Crippen molar-refractivity contribution in [1.82, 2.24) is 9.78 Å². The van der Waals surface area contributed by atoms with Gasteiger partial charge in [-0.3, -0.25) is 4.79 Å². The van der Waals surface area contributed by atoms with E-state index in [2.05, 4.69) is 10.4 Å². The molecule has 1 aliphatic carbocycles. The lowest BCUT2D eigenvalue weighted by Gasteiger charge is -2.14. The molecule has 0 aromatic carbocycles. The van der Waals surface area contributed by atoms with E-state index >= 15 is 0 Å². The molecular weight excluding hydrogens is 238 g/mol. The molecule has 0 unspecified atom stereocenters. The monoisotopic (exact) mass is 255 g/mol. The topological polar surface area (TPSA) is 46.9 Å². The van der Waals surface area contributed by atoms with Crippen LogP contribution < -0.4 is 10.9 Å². The number of nitrogens with zero attached hydrogens (tertiary/aromatic N) is 2. The Kier molecular flexibility index (Phi) is 4.05. The molecule has 0 bridgehead atoms. The summed E-state index contributed by atoms with van der Waals surface area (Å²) in [7, 11) is 0. The van der Waals surface area contributed by atoms with Crippen LogP contribution in [-0.2, 0) is 6.54 Å². The molecule has 1 aliphatic rings. The molecule has 4 nitrogen and oxygen atoms in total. The highest BCUT2D eigenvalue weighted by molar-refractivity contribution is 6.32. The van der Waals surface area contributed by atoms with Gasteiger partial charge in [0.15, 0.2) is 0 Å². The summed E-state index contributed by atoms with van der Waals surface area (Å²) in [5.41, 5.74) is 0.479. The van der Waals surface area contributed by atoms with Crippen molar-refractivity contribution in [2.24, 2.45) is 0 Å². The Morgan fingerprint density at radius 2 is 2.24 bits per heavy atom. The fraction of sp³-hybridized carbons (Fsp3) is 0.667. The highest BCUT2D eigenvalue weighted by Gasteiger charge is 2.17. The minimum atomic E-state index is -0.198. The average molecular weight is 256 g/mol. The molecule has 17 heavy (non-hydrogen) atoms. The van der Waals surface area contributed by atoms with E-state index in [1.807, 2.05) is 6.92 Å². The molecule has 1 fully saturated rings. The Morgan fingerprint density at radius 3 is 2.88 bits per heavy atom. The minimum Gasteiger partial charge on any atom is -0.380 e. The number of hydrogen-bond acceptors (Lipinski definition) is 3. The molecule has 0 radical (unpaired) electrons. The van der Waals surface area contributed by atoms with Crippen LogP contribution in [0.2, 0.25) is 5.02 Å². The van der Waals surface area contributed by atoms with Crippen molar-refractivity contribution in [3.63, 3.8) is 0 Å². The second-order valence-corrected chi connectivity index (χ2v) is 4.90. The first kappa shape index (κ1) is 12.4. The Labute approximate surface area is 106 Å². The quantitative estimate of drug-likeness (QED) is 0.900. The molecule has 2 rings (SSSR count). The van der Waals surface area contributed by atoms with E-state index < -0.39 is 0 Å². The van der Waals surface area contributed by atoms with E-state index in [1.165, 1.54) is 17.5 Å². The van der Waals surface area contributed by atoms with Gasteiger partial charge in [-0.25, -0.2) is 4.68 Å². The van der Waals surface area contributed by atoms with E-state index in [9.17, 15) is 4.79 Å². The number of rotatable bonds is 4. The SMILES string of the molecule is CCCn1ncc(NC2CCCC2)c(Cl)c1=O. The van der Waals surface area contributed by atoms with Crippen LogP contribution in [0, 0.1) is 0 Å². The Bertz CT molecular complexity index is 438. The molecule has 1 aromatic rings. The second kappa shape index (κ2) is 5.54. The second-order valence-electron chi connectivity index (χ2n) is 4.53. The number of aryl methyl sites for hydroxylation is 1. The third kappa shape index (κ3) is 2.80. The molecule has 1 saturated carbocycles. The van der Waals surface area contributed by atoms with Crippen LogP contribution in [0.15, 0.2) is 11.0 Å². The van der Waals surface area contributed by atoms with Crippen molar-refractivity contribution in [3.05, 3.63) is 21.6 Å². The first-order valence-corrected chi connectivity index (χ1v) is 6.62. The van der Waals surface area contributed by atoms with Gasteiger partial charge in [-0.2, -0.15) is 5.10 Å². The minimum absolute atomic E-state index is 0.198. The number of aromatic nitrogens is 2. The van der Waals surface area contributed by atoms with E-state index in [0.717, 1.165) is 19.3 Å². The van der Waals surface area contributed by atoms with E-state index in [1.54, 1.807) is 6.20 Å². The summed E-state index contributed by atoms with van der Waals surface area (Å²) in [4.78, 5) is 11.9. The van der Waals surface area contributed by atoms with Gasteiger partial charge in [-0.15, -0.1) is 0 Å². The normalized spacial score (nSPS) is 16.4. The maximum atomic E-state index is 11.9. The van der Waals surface area contributed by atoms with Crippen molar-refractivity contribution >= 4 is 17.3 Å². The molecule has 1 aromatic heterocycles. The highest BCUT2D eigenvalue weighted by Crippen LogP contribution is 2.24. The fourth-order valence-electron chi connectivity index (χ4n) is 2.23. The standard InChI is InChI=1S/C12H18ClN3O/c1-2-7-16-12(17)11(13)10(8-14-16)15-9-5-3-4-6-9/h8-9,15H,2-7H2,1H3. The van der Waals surface area contributed by atoms with Gasteiger partial charge >= 0.3 is 0 Å². The van der Waals surface area contributed by atoms with Gasteiger partial charge in [0.2, 0.25) is 0 Å². The van der Waals surface area contributed by atoms with Crippen LogP contribution in [0.4, 0.5) is 5.69 Å². The van der Waals surface area contributed by atoms with Gasteiger partial charge in [0.25, 0.3) is 5.56 Å². The van der Waals surface area contributed by atoms with Crippen molar-refractivity contribution in [2.45, 2.75) is 51.6 Å². The molecule has 0 amide bonds. The van der Waals surface area contributed by atoms with Gasteiger partial charge in [0, 0.05) is 12.6 Å². The predicted octanol–water partition coefficient (Wildman–Crippen LogP) is 2.66. The summed E-state index contributed by atoms with van der Waals surface area (Å²) in [6.45, 7) is 2.62. The van der Waals surface area contributed by atoms with Crippen LogP contribution in [-0.4, -0.2) is 15.8 Å². The van der Waals surface area contributed by atoms with Crippen molar-refractivity contribution in [2.75, 3.05) is 5.32 Å². The molecule has 0 saturated heterocycles. The average Bonchev–Trinajstić information content (AvgIpc) is 2.82. The van der Waals surface area contributed by atoms with Gasteiger partial charge in [0.05, 0.1) is 11.9 Å². The maximum absolute atomic E-state index is 11.9. The van der Waals surface area contributed by atoms with Crippen molar-refractivity contribution in [3.8, 4) is 0 Å². The summed E-state index contributed by atoms with van der Waals surface area (Å²) >= 11 is 6.08. The lowest BCUT2D eigenvalue weighted by atomic mass is 10.2. The third-order valence-corrected chi connectivity index (χ3v) is 3.50. The molecule has 1 N–H and O–H groups in total. The lowest BCUT2D eigenvalue weighted by Crippen LogP contribution is -2.25. The van der Waals surface area contributed by atoms with Gasteiger partial charge < -0.3 is 5.32 Å². The first-order chi connectivity index (χ1) is 8.22. The van der Waals surface area contributed by atoms with Crippen LogP contribution in [0.5, 0.6) is 0 Å². The number of nitrogens with one attached hydrogen (secondary N) is 1. The van der Waals surface area contributed by atoms with Gasteiger partial charge in [0.1, 0.15) is 5.02 Å². The fourth-order valence-corrected chi connectivity index (χ4v) is 2.43. The van der Waals surface area contributed by atoms with Crippen LogP contribution in [0.3, 0.4) is 0 Å². The molecule has 0 atom stereocenters. The Hall–Kier alpha value is -1.03. The van der Waals surface area contributed by atoms with Crippen LogP contribution in [0.1, 0.15) is 39.0 Å². The lowest BCUT2D eigenvalue weighted by molar-refractivity contribution is 0.568. The largest absolute Gasteiger partial charge is 0.380 e. The van der Waals surface area contributed by atoms with Gasteiger partial charge in [-0.1, -0.05) is 31.4 Å². The first-order valence-electron chi connectivity index (χ1n) is 6.24. The van der Waals surface area contributed by atoms with E-state index in [4.69, 9.17) is 11.6 Å². The Morgan fingerprint density at radius 1 is 1.53 bits per heavy atom. The molecule has 5 heteroatoms. The predicted molar refractivity (Wildman–Crippen MR) is 69.7 cm³/mol. The van der Waals surface area contributed by atoms with E-state index in [-0.39, 0.29) is 10.6 Å². The third-order valence-electron chi connectivity index (χ3n) is 3.14. The van der Waals surface area contributed by atoms with E-state index in [0.29, 0.717) is 18.3 Å². The number of anilines is 1. The van der Waals surface area contributed by atoms with Crippen molar-refractivity contribution < 1.29 is 0 Å². The Balaban J connectivity index is 2.18. The highest BCUT2D eigenvalue weighted by atomic mass is 35.5. The molecule has 0 aliphatic heterocycles.